The molecule has 0 unspecified atom stereocenters. The lowest BCUT2D eigenvalue weighted by Crippen LogP contribution is -2.22. The molecule has 0 spiro atoms. The number of aromatic nitrogens is 2. The molecular weight excluding hydrogens is 208 g/mol. The van der Waals surface area contributed by atoms with E-state index in [1.807, 2.05) is 6.92 Å². The van der Waals surface area contributed by atoms with Crippen LogP contribution in [0.25, 0.3) is 0 Å². The normalized spacial score (nSPS) is 17.6. The average Bonchev–Trinajstić information content (AvgIpc) is 2.62. The predicted octanol–water partition coefficient (Wildman–Crippen LogP) is 1.32. The second-order valence-electron chi connectivity index (χ2n) is 4.16. The molecule has 0 aromatic carbocycles. The molecule has 2 heterocycles. The molecule has 0 aliphatic carbocycles. The van der Waals surface area contributed by atoms with E-state index in [-0.39, 0.29) is 5.69 Å². The highest BCUT2D eigenvalue weighted by molar-refractivity contribution is 5.85. The molecule has 1 saturated heterocycles. The molecule has 0 amide bonds. The van der Waals surface area contributed by atoms with Gasteiger partial charge in [-0.2, -0.15) is 0 Å². The largest absolute Gasteiger partial charge is 0.477 e. The fraction of sp³-hybridized carbons (Fsp3) is 0.636. The van der Waals surface area contributed by atoms with Gasteiger partial charge in [0.25, 0.3) is 0 Å². The molecule has 0 atom stereocenters. The van der Waals surface area contributed by atoms with E-state index in [9.17, 15) is 4.79 Å². The molecule has 88 valence electrons. The monoisotopic (exact) mass is 224 g/mol. The van der Waals surface area contributed by atoms with E-state index in [0.29, 0.717) is 5.92 Å². The third-order valence-corrected chi connectivity index (χ3v) is 3.06. The molecule has 2 rings (SSSR count). The summed E-state index contributed by atoms with van der Waals surface area (Å²) in [7, 11) is 0. The lowest BCUT2D eigenvalue weighted by molar-refractivity contribution is 0.0591. The van der Waals surface area contributed by atoms with Crippen molar-refractivity contribution < 1.29 is 14.6 Å². The summed E-state index contributed by atoms with van der Waals surface area (Å²) in [6.07, 6.45) is 3.42. The van der Waals surface area contributed by atoms with Crippen molar-refractivity contribution in [1.29, 1.82) is 0 Å². The van der Waals surface area contributed by atoms with Crippen LogP contribution in [-0.4, -0.2) is 33.8 Å². The summed E-state index contributed by atoms with van der Waals surface area (Å²) >= 11 is 0. The molecule has 1 aliphatic heterocycles. The number of hydrogen-bond donors (Lipinski definition) is 1. The summed E-state index contributed by atoms with van der Waals surface area (Å²) < 4.78 is 7.08. The molecule has 1 aliphatic rings. The Balaban J connectivity index is 2.12. The summed E-state index contributed by atoms with van der Waals surface area (Å²) in [6.45, 7) is 4.13. The standard InChI is InChI=1S/C11H16N2O3/c1-8-12-6-10(11(14)15)13(8)7-9-2-4-16-5-3-9/h6,9H,2-5,7H2,1H3,(H,14,15). The first-order chi connectivity index (χ1) is 7.68. The zero-order valence-corrected chi connectivity index (χ0v) is 9.35. The molecule has 1 N–H and O–H groups in total. The van der Waals surface area contributed by atoms with Crippen LogP contribution in [0.15, 0.2) is 6.20 Å². The lowest BCUT2D eigenvalue weighted by atomic mass is 10.0. The molecule has 5 heteroatoms. The first-order valence-electron chi connectivity index (χ1n) is 5.51. The number of carboxylic acids is 1. The smallest absolute Gasteiger partial charge is 0.354 e. The molecule has 0 radical (unpaired) electrons. The van der Waals surface area contributed by atoms with E-state index in [4.69, 9.17) is 9.84 Å². The van der Waals surface area contributed by atoms with Crippen LogP contribution in [0.2, 0.25) is 0 Å². The highest BCUT2D eigenvalue weighted by Gasteiger charge is 2.19. The van der Waals surface area contributed by atoms with E-state index in [0.717, 1.165) is 38.4 Å². The number of nitrogens with zero attached hydrogens (tertiary/aromatic N) is 2. The maximum atomic E-state index is 11.0. The second kappa shape index (κ2) is 4.65. The van der Waals surface area contributed by atoms with Crippen molar-refractivity contribution in [2.24, 2.45) is 5.92 Å². The van der Waals surface area contributed by atoms with Crippen molar-refractivity contribution in [3.8, 4) is 0 Å². The highest BCUT2D eigenvalue weighted by Crippen LogP contribution is 2.19. The number of aryl methyl sites for hydroxylation is 1. The molecular formula is C11H16N2O3. The van der Waals surface area contributed by atoms with Gasteiger partial charge in [0.15, 0.2) is 0 Å². The van der Waals surface area contributed by atoms with Crippen LogP contribution >= 0.6 is 0 Å². The summed E-state index contributed by atoms with van der Waals surface area (Å²) in [5.74, 6) is 0.358. The Morgan fingerprint density at radius 2 is 2.31 bits per heavy atom. The minimum absolute atomic E-state index is 0.281. The van der Waals surface area contributed by atoms with Gasteiger partial charge in [-0.05, 0) is 25.7 Å². The number of hydrogen-bond acceptors (Lipinski definition) is 3. The van der Waals surface area contributed by atoms with E-state index < -0.39 is 5.97 Å². The van der Waals surface area contributed by atoms with Gasteiger partial charge in [-0.25, -0.2) is 9.78 Å². The van der Waals surface area contributed by atoms with Gasteiger partial charge in [0, 0.05) is 19.8 Å². The minimum Gasteiger partial charge on any atom is -0.477 e. The molecule has 0 saturated carbocycles. The Bertz CT molecular complexity index is 381. The van der Waals surface area contributed by atoms with Crippen LogP contribution < -0.4 is 0 Å². The number of carbonyl (C=O) groups is 1. The summed E-state index contributed by atoms with van der Waals surface area (Å²) in [6, 6.07) is 0. The SMILES string of the molecule is Cc1ncc(C(=O)O)n1CC1CCOCC1. The van der Waals surface area contributed by atoms with Crippen molar-refractivity contribution in [3.05, 3.63) is 17.7 Å². The van der Waals surface area contributed by atoms with Crippen molar-refractivity contribution in [3.63, 3.8) is 0 Å². The number of carboxylic acid groups (broad SMARTS) is 1. The van der Waals surface area contributed by atoms with Crippen molar-refractivity contribution >= 4 is 5.97 Å². The number of ether oxygens (including phenoxy) is 1. The Morgan fingerprint density at radius 3 is 2.94 bits per heavy atom. The first-order valence-corrected chi connectivity index (χ1v) is 5.51. The Labute approximate surface area is 94.1 Å². The van der Waals surface area contributed by atoms with Crippen LogP contribution in [0.3, 0.4) is 0 Å². The Hall–Kier alpha value is -1.36. The fourth-order valence-electron chi connectivity index (χ4n) is 2.06. The maximum Gasteiger partial charge on any atom is 0.354 e. The number of rotatable bonds is 3. The lowest BCUT2D eigenvalue weighted by Gasteiger charge is -2.23. The maximum absolute atomic E-state index is 11.0. The molecule has 1 aromatic rings. The van der Waals surface area contributed by atoms with Gasteiger partial charge in [0.05, 0.1) is 6.20 Å². The average molecular weight is 224 g/mol. The van der Waals surface area contributed by atoms with Gasteiger partial charge >= 0.3 is 5.97 Å². The van der Waals surface area contributed by atoms with Gasteiger partial charge in [0.1, 0.15) is 11.5 Å². The van der Waals surface area contributed by atoms with E-state index >= 15 is 0 Å². The van der Waals surface area contributed by atoms with Gasteiger partial charge in [-0.15, -0.1) is 0 Å². The van der Waals surface area contributed by atoms with Crippen LogP contribution in [0.5, 0.6) is 0 Å². The van der Waals surface area contributed by atoms with E-state index in [1.54, 1.807) is 4.57 Å². The summed E-state index contributed by atoms with van der Waals surface area (Å²) in [5.41, 5.74) is 0.281. The Morgan fingerprint density at radius 1 is 1.62 bits per heavy atom. The first kappa shape index (κ1) is 11.1. The van der Waals surface area contributed by atoms with Crippen LogP contribution in [0.4, 0.5) is 0 Å². The summed E-state index contributed by atoms with van der Waals surface area (Å²) in [4.78, 5) is 15.0. The van der Waals surface area contributed by atoms with Crippen molar-refractivity contribution in [1.82, 2.24) is 9.55 Å². The molecule has 0 bridgehead atoms. The molecule has 1 fully saturated rings. The van der Waals surface area contributed by atoms with Gasteiger partial charge < -0.3 is 14.4 Å². The molecule has 5 nitrogen and oxygen atoms in total. The van der Waals surface area contributed by atoms with E-state index in [1.165, 1.54) is 6.20 Å². The van der Waals surface area contributed by atoms with Crippen molar-refractivity contribution in [2.75, 3.05) is 13.2 Å². The fourth-order valence-corrected chi connectivity index (χ4v) is 2.06. The van der Waals surface area contributed by atoms with E-state index in [2.05, 4.69) is 4.98 Å². The van der Waals surface area contributed by atoms with Crippen LogP contribution in [-0.2, 0) is 11.3 Å². The van der Waals surface area contributed by atoms with Crippen LogP contribution in [0.1, 0.15) is 29.2 Å². The Kier molecular flexibility index (Phi) is 3.24. The molecule has 16 heavy (non-hydrogen) atoms. The molecule has 1 aromatic heterocycles. The quantitative estimate of drug-likeness (QED) is 0.840. The van der Waals surface area contributed by atoms with Gasteiger partial charge in [0.2, 0.25) is 0 Å². The predicted molar refractivity (Wildman–Crippen MR) is 57.5 cm³/mol. The second-order valence-corrected chi connectivity index (χ2v) is 4.16. The summed E-state index contributed by atoms with van der Waals surface area (Å²) in [5, 5.41) is 9.02. The zero-order valence-electron chi connectivity index (χ0n) is 9.35. The topological polar surface area (TPSA) is 64.3 Å². The van der Waals surface area contributed by atoms with Gasteiger partial charge in [-0.1, -0.05) is 0 Å². The van der Waals surface area contributed by atoms with Crippen LogP contribution in [0, 0.1) is 12.8 Å². The number of imidazole rings is 1. The zero-order chi connectivity index (χ0) is 11.5. The number of aromatic carboxylic acids is 1. The highest BCUT2D eigenvalue weighted by atomic mass is 16.5. The third kappa shape index (κ3) is 2.24. The van der Waals surface area contributed by atoms with Gasteiger partial charge in [-0.3, -0.25) is 0 Å². The van der Waals surface area contributed by atoms with Crippen molar-refractivity contribution in [2.45, 2.75) is 26.3 Å². The minimum atomic E-state index is -0.910. The third-order valence-electron chi connectivity index (χ3n) is 3.06.